The molecule has 1 N–H and O–H groups in total. The highest BCUT2D eigenvalue weighted by Gasteiger charge is 2.28. The molecular formula is C23H21NO7. The van der Waals surface area contributed by atoms with E-state index in [0.717, 1.165) is 0 Å². The third kappa shape index (κ3) is 3.26. The van der Waals surface area contributed by atoms with E-state index in [0.29, 0.717) is 51.6 Å². The molecule has 1 aliphatic heterocycles. The minimum atomic E-state index is -0.334. The number of fused-ring (bicyclic) bond motifs is 1. The number of hydrogen-bond donors (Lipinski definition) is 1. The molecule has 2 aromatic carbocycles. The number of aromatic hydroxyl groups is 1. The summed E-state index contributed by atoms with van der Waals surface area (Å²) in [5, 5.41) is 11.0. The minimum absolute atomic E-state index is 0.159. The van der Waals surface area contributed by atoms with E-state index in [1.165, 1.54) is 28.4 Å². The van der Waals surface area contributed by atoms with Crippen molar-refractivity contribution in [3.8, 4) is 28.7 Å². The van der Waals surface area contributed by atoms with Crippen molar-refractivity contribution in [1.82, 2.24) is 0 Å². The van der Waals surface area contributed by atoms with Crippen molar-refractivity contribution in [2.24, 2.45) is 4.99 Å². The van der Waals surface area contributed by atoms with Gasteiger partial charge >= 0.3 is 0 Å². The number of hydrogen-bond acceptors (Lipinski definition) is 8. The summed E-state index contributed by atoms with van der Waals surface area (Å²) in [4.78, 5) is 17.9. The molecule has 0 spiro atoms. The van der Waals surface area contributed by atoms with Crippen molar-refractivity contribution in [3.63, 3.8) is 0 Å². The normalized spacial score (nSPS) is 12.7. The van der Waals surface area contributed by atoms with E-state index in [2.05, 4.69) is 4.99 Å². The molecule has 8 heteroatoms. The maximum atomic E-state index is 13.7. The lowest BCUT2D eigenvalue weighted by Crippen LogP contribution is -2.06. The highest BCUT2D eigenvalue weighted by Crippen LogP contribution is 2.43. The van der Waals surface area contributed by atoms with Crippen molar-refractivity contribution in [2.75, 3.05) is 35.0 Å². The lowest BCUT2D eigenvalue weighted by molar-refractivity contribution is 0.103. The predicted molar refractivity (Wildman–Crippen MR) is 115 cm³/mol. The molecule has 0 atom stereocenters. The van der Waals surface area contributed by atoms with Crippen molar-refractivity contribution in [2.45, 2.75) is 0 Å². The van der Waals surface area contributed by atoms with Crippen molar-refractivity contribution >= 4 is 28.5 Å². The molecule has 0 saturated heterocycles. The van der Waals surface area contributed by atoms with Gasteiger partial charge in [-0.05, 0) is 24.3 Å². The molecule has 0 bridgehead atoms. The van der Waals surface area contributed by atoms with Crippen LogP contribution >= 0.6 is 0 Å². The van der Waals surface area contributed by atoms with Crippen LogP contribution in [0.4, 0.5) is 0 Å². The monoisotopic (exact) mass is 423 g/mol. The second kappa shape index (κ2) is 8.06. The van der Waals surface area contributed by atoms with Gasteiger partial charge in [-0.2, -0.15) is 0 Å². The Morgan fingerprint density at radius 3 is 2.23 bits per heavy atom. The van der Waals surface area contributed by atoms with Gasteiger partial charge in [-0.1, -0.05) is 6.08 Å². The molecule has 0 fully saturated rings. The summed E-state index contributed by atoms with van der Waals surface area (Å²) < 4.78 is 27.3. The topological polar surface area (TPSA) is 99.7 Å². The van der Waals surface area contributed by atoms with Gasteiger partial charge in [0.2, 0.25) is 11.5 Å². The summed E-state index contributed by atoms with van der Waals surface area (Å²) >= 11 is 0. The van der Waals surface area contributed by atoms with Crippen molar-refractivity contribution in [1.29, 1.82) is 0 Å². The number of phenols is 1. The standard InChI is InChI=1S/C23H21NO7/c1-27-15-6-5-14-18(21(12-7-8-24-11-12)31-22(14)20(15)26)19(25)13-9-16(28-2)23(30-4)17(10-13)29-3/h5-7,9-11,26H,8H2,1-4H3. The lowest BCUT2D eigenvalue weighted by Gasteiger charge is -2.14. The van der Waals surface area contributed by atoms with Crippen LogP contribution in [-0.2, 0) is 0 Å². The zero-order valence-electron chi connectivity index (χ0n) is 17.5. The molecule has 3 aromatic rings. The van der Waals surface area contributed by atoms with Crippen LogP contribution in [0.2, 0.25) is 0 Å². The van der Waals surface area contributed by atoms with Crippen molar-refractivity contribution in [3.05, 3.63) is 47.2 Å². The summed E-state index contributed by atoms with van der Waals surface area (Å²) in [7, 11) is 5.90. The maximum absolute atomic E-state index is 13.7. The predicted octanol–water partition coefficient (Wildman–Crippen LogP) is 3.87. The fourth-order valence-corrected chi connectivity index (χ4v) is 3.58. The SMILES string of the molecule is COc1cc(C(=O)c2c(C3=CCN=C3)oc3c(O)c(OC)ccc23)cc(OC)c1OC. The number of ketones is 1. The zero-order chi connectivity index (χ0) is 22.1. The number of aliphatic imine (C=N–C) groups is 1. The van der Waals surface area contributed by atoms with E-state index < -0.39 is 0 Å². The van der Waals surface area contributed by atoms with Gasteiger partial charge in [0.05, 0.1) is 40.5 Å². The second-order valence-corrected chi connectivity index (χ2v) is 6.70. The van der Waals surface area contributed by atoms with Gasteiger partial charge in [-0.3, -0.25) is 9.79 Å². The number of nitrogens with zero attached hydrogens (tertiary/aromatic N) is 1. The molecule has 1 aliphatic rings. The Balaban J connectivity index is 1.97. The van der Waals surface area contributed by atoms with Gasteiger partial charge in [0.15, 0.2) is 28.6 Å². The fraction of sp³-hybridized carbons (Fsp3) is 0.217. The van der Waals surface area contributed by atoms with E-state index in [9.17, 15) is 9.90 Å². The summed E-state index contributed by atoms with van der Waals surface area (Å²) in [6.45, 7) is 0.486. The summed E-state index contributed by atoms with van der Waals surface area (Å²) in [5.41, 5.74) is 1.42. The van der Waals surface area contributed by atoms with Crippen LogP contribution in [0, 0.1) is 0 Å². The van der Waals surface area contributed by atoms with Gasteiger partial charge in [0.25, 0.3) is 0 Å². The number of ether oxygens (including phenoxy) is 4. The Bertz CT molecular complexity index is 1210. The number of carbonyl (C=O) groups is 1. The largest absolute Gasteiger partial charge is 0.502 e. The Morgan fingerprint density at radius 1 is 1.00 bits per heavy atom. The first-order valence-corrected chi connectivity index (χ1v) is 9.41. The third-order valence-corrected chi connectivity index (χ3v) is 5.08. The number of methoxy groups -OCH3 is 4. The smallest absolute Gasteiger partial charge is 0.203 e. The minimum Gasteiger partial charge on any atom is -0.502 e. The van der Waals surface area contributed by atoms with E-state index in [1.54, 1.807) is 30.5 Å². The molecule has 0 unspecified atom stereocenters. The molecule has 0 amide bonds. The molecular weight excluding hydrogens is 402 g/mol. The molecule has 0 aliphatic carbocycles. The summed E-state index contributed by atoms with van der Waals surface area (Å²) in [6.07, 6.45) is 3.48. The number of allylic oxidation sites excluding steroid dienone is 1. The first-order chi connectivity index (χ1) is 15.0. The molecule has 2 heterocycles. The Morgan fingerprint density at radius 2 is 1.68 bits per heavy atom. The van der Waals surface area contributed by atoms with Gasteiger partial charge in [0.1, 0.15) is 5.76 Å². The molecule has 0 radical (unpaired) electrons. The Kier molecular flexibility index (Phi) is 5.29. The molecule has 8 nitrogen and oxygen atoms in total. The molecule has 4 rings (SSSR count). The molecule has 0 saturated carbocycles. The number of carbonyl (C=O) groups excluding carboxylic acids is 1. The van der Waals surface area contributed by atoms with Gasteiger partial charge in [-0.25, -0.2) is 0 Å². The van der Waals surface area contributed by atoms with Crippen LogP contribution in [0.1, 0.15) is 21.7 Å². The summed E-state index contributed by atoms with van der Waals surface area (Å²) in [5.74, 6) is 1.13. The van der Waals surface area contributed by atoms with E-state index in [4.69, 9.17) is 23.4 Å². The van der Waals surface area contributed by atoms with Crippen LogP contribution in [0.3, 0.4) is 0 Å². The number of furan rings is 1. The number of phenolic OH excluding ortho intramolecular Hbond substituents is 1. The average molecular weight is 423 g/mol. The van der Waals surface area contributed by atoms with Crippen LogP contribution in [0.25, 0.3) is 16.5 Å². The average Bonchev–Trinajstić information content (AvgIpc) is 3.46. The second-order valence-electron chi connectivity index (χ2n) is 6.70. The third-order valence-electron chi connectivity index (χ3n) is 5.08. The number of rotatable bonds is 7. The summed E-state index contributed by atoms with van der Waals surface area (Å²) in [6, 6.07) is 6.42. The molecule has 31 heavy (non-hydrogen) atoms. The first-order valence-electron chi connectivity index (χ1n) is 9.41. The molecule has 1 aromatic heterocycles. The van der Waals surface area contributed by atoms with Crippen LogP contribution < -0.4 is 18.9 Å². The van der Waals surface area contributed by atoms with Gasteiger partial charge < -0.3 is 28.5 Å². The van der Waals surface area contributed by atoms with Crippen LogP contribution in [0.5, 0.6) is 28.7 Å². The van der Waals surface area contributed by atoms with Crippen LogP contribution in [-0.4, -0.2) is 52.1 Å². The quantitative estimate of drug-likeness (QED) is 0.576. The van der Waals surface area contributed by atoms with Crippen molar-refractivity contribution < 1.29 is 33.3 Å². The van der Waals surface area contributed by atoms with Gasteiger partial charge in [0, 0.05) is 22.7 Å². The fourth-order valence-electron chi connectivity index (χ4n) is 3.58. The van der Waals surface area contributed by atoms with E-state index in [-0.39, 0.29) is 22.9 Å². The highest BCUT2D eigenvalue weighted by atomic mass is 16.5. The van der Waals surface area contributed by atoms with Crippen LogP contribution in [0.15, 0.2) is 39.8 Å². The first kappa shape index (κ1) is 20.3. The lowest BCUT2D eigenvalue weighted by atomic mass is 9.97. The Hall–Kier alpha value is -3.94. The maximum Gasteiger partial charge on any atom is 0.203 e. The van der Waals surface area contributed by atoms with E-state index in [1.807, 2.05) is 6.08 Å². The number of benzene rings is 2. The zero-order valence-corrected chi connectivity index (χ0v) is 17.5. The Labute approximate surface area is 178 Å². The highest BCUT2D eigenvalue weighted by molar-refractivity contribution is 6.23. The molecule has 160 valence electrons. The van der Waals surface area contributed by atoms with E-state index >= 15 is 0 Å². The van der Waals surface area contributed by atoms with Gasteiger partial charge in [-0.15, -0.1) is 0 Å².